The summed E-state index contributed by atoms with van der Waals surface area (Å²) in [6, 6.07) is 1.52. The molecular formula is C45H68N6O10S2. The summed E-state index contributed by atoms with van der Waals surface area (Å²) in [5.41, 5.74) is 5.82. The molecule has 18 heteroatoms. The Labute approximate surface area is 378 Å². The molecule has 4 amide bonds. The zero-order chi connectivity index (χ0) is 45.9. The van der Waals surface area contributed by atoms with Crippen molar-refractivity contribution in [3.05, 3.63) is 33.9 Å². The maximum absolute atomic E-state index is 13.1. The molecule has 0 aliphatic heterocycles. The van der Waals surface area contributed by atoms with Crippen LogP contribution in [-0.2, 0) is 24.0 Å². The van der Waals surface area contributed by atoms with Crippen molar-refractivity contribution in [2.45, 2.75) is 140 Å². The average molecular weight is 917 g/mol. The Balaban J connectivity index is 1.02. The molecule has 1 aromatic rings. The number of benzene rings is 1. The highest BCUT2D eigenvalue weighted by Crippen LogP contribution is 2.68. The van der Waals surface area contributed by atoms with Crippen LogP contribution in [0, 0.1) is 56.5 Å². The molecule has 0 bridgehead atoms. The summed E-state index contributed by atoms with van der Waals surface area (Å²) in [4.78, 5) is 84.8. The first kappa shape index (κ1) is 50.1. The Morgan fingerprint density at radius 2 is 1.59 bits per heavy atom. The van der Waals surface area contributed by atoms with Crippen LogP contribution in [0.3, 0.4) is 0 Å². The molecule has 5 rings (SSSR count). The topological polar surface area (TPSA) is 260 Å². The summed E-state index contributed by atoms with van der Waals surface area (Å²) in [6.07, 6.45) is 15.9. The van der Waals surface area contributed by atoms with Crippen molar-refractivity contribution in [3.63, 3.8) is 0 Å². The van der Waals surface area contributed by atoms with Gasteiger partial charge >= 0.3 is 11.9 Å². The number of rotatable bonds is 23. The molecule has 350 valence electrons. The summed E-state index contributed by atoms with van der Waals surface area (Å²) >= 11 is 0. The predicted molar refractivity (Wildman–Crippen MR) is 242 cm³/mol. The Kier molecular flexibility index (Phi) is 18.2. The number of nitrogens with zero attached hydrogens (tertiary/aromatic N) is 1. The number of nitro groups is 1. The van der Waals surface area contributed by atoms with Gasteiger partial charge in [-0.05, 0) is 136 Å². The highest BCUT2D eigenvalue weighted by atomic mass is 33.1. The lowest BCUT2D eigenvalue weighted by atomic mass is 9.44. The number of hydrogen-bond donors (Lipinski definition) is 7. The number of nitrogens with two attached hydrogens (primary N) is 1. The van der Waals surface area contributed by atoms with Crippen LogP contribution < -0.4 is 27.0 Å². The molecule has 1 aromatic carbocycles. The van der Waals surface area contributed by atoms with E-state index in [1.54, 1.807) is 0 Å². The summed E-state index contributed by atoms with van der Waals surface area (Å²) in [5.74, 6) is -0.0482. The maximum Gasteiger partial charge on any atom is 0.322 e. The van der Waals surface area contributed by atoms with Crippen LogP contribution >= 0.6 is 21.6 Å². The third-order valence-corrected chi connectivity index (χ3v) is 17.6. The normalized spacial score (nSPS) is 27.6. The van der Waals surface area contributed by atoms with Crippen molar-refractivity contribution in [1.82, 2.24) is 21.3 Å². The van der Waals surface area contributed by atoms with Gasteiger partial charge in [-0.25, -0.2) is 0 Å². The van der Waals surface area contributed by atoms with E-state index in [1.165, 1.54) is 82.4 Å². The summed E-state index contributed by atoms with van der Waals surface area (Å²) in [6.45, 7) is 7.58. The van der Waals surface area contributed by atoms with E-state index in [0.717, 1.165) is 51.7 Å². The van der Waals surface area contributed by atoms with Crippen molar-refractivity contribution in [2.75, 3.05) is 25.4 Å². The molecule has 4 aliphatic rings. The summed E-state index contributed by atoms with van der Waals surface area (Å²) in [7, 11) is 2.15. The van der Waals surface area contributed by atoms with Gasteiger partial charge in [0.1, 0.15) is 24.2 Å². The van der Waals surface area contributed by atoms with Crippen LogP contribution in [0.5, 0.6) is 0 Å². The monoisotopic (exact) mass is 916 g/mol. The van der Waals surface area contributed by atoms with Gasteiger partial charge in [0.25, 0.3) is 11.6 Å². The molecule has 0 aromatic heterocycles. The number of carboxylic acids is 2. The first-order valence-electron chi connectivity index (χ1n) is 22.8. The number of amides is 4. The average Bonchev–Trinajstić information content (AvgIpc) is 3.61. The van der Waals surface area contributed by atoms with E-state index >= 15 is 0 Å². The number of carbonyl (C=O) groups is 6. The van der Waals surface area contributed by atoms with Gasteiger partial charge in [0.15, 0.2) is 0 Å². The molecule has 0 radical (unpaired) electrons. The fourth-order valence-electron chi connectivity index (χ4n) is 11.9. The van der Waals surface area contributed by atoms with Crippen LogP contribution in [0.15, 0.2) is 23.1 Å². The van der Waals surface area contributed by atoms with E-state index < -0.39 is 58.9 Å². The Bertz CT molecular complexity index is 1840. The van der Waals surface area contributed by atoms with Crippen molar-refractivity contribution in [1.29, 1.82) is 0 Å². The van der Waals surface area contributed by atoms with E-state index in [4.69, 9.17) is 15.9 Å². The molecule has 0 unspecified atom stereocenters. The Morgan fingerprint density at radius 1 is 0.873 bits per heavy atom. The van der Waals surface area contributed by atoms with Crippen LogP contribution in [0.1, 0.15) is 134 Å². The smallest absolute Gasteiger partial charge is 0.322 e. The Morgan fingerprint density at radius 3 is 2.30 bits per heavy atom. The number of carbonyl (C=O) groups excluding carboxylic acids is 4. The standard InChI is InChI=1S/C45H68N6O10S2/c1-27(32-13-14-33-30-12-10-28-8-4-5-20-44(28,2)34(30)19-21-45(32,33)3)9-17-38(52)47-22-6-7-23-48-41(56)31-24-29(11-16-37(31)51(60)61)63-62-26-36(42(57)49-25-40(54)55)50-39(53)18-15-35(46)43(58)59/h11,16,24,27-28,30,32-36H,4-10,12-15,17-23,25-26,46H2,1-3H3,(H,47,52)(H,48,56)(H,49,57)(H,50,53)(H,54,55)(H,58,59)/t27-,28-,30+,32-,33+,34+,35+,36+,44+,45-/m1/s1. The van der Waals surface area contributed by atoms with Crippen molar-refractivity contribution in [2.24, 2.45) is 52.1 Å². The lowest BCUT2D eigenvalue weighted by Crippen LogP contribution is -2.53. The number of unbranched alkanes of at least 4 members (excludes halogenated alkanes) is 1. The lowest BCUT2D eigenvalue weighted by Gasteiger charge is -2.61. The van der Waals surface area contributed by atoms with Gasteiger partial charge in [-0.15, -0.1) is 0 Å². The number of fused-ring (bicyclic) bond motifs is 5. The molecular weight excluding hydrogens is 849 g/mol. The summed E-state index contributed by atoms with van der Waals surface area (Å²) in [5, 5.41) is 40.1. The Hall–Kier alpha value is -3.90. The van der Waals surface area contributed by atoms with Crippen LogP contribution in [0.2, 0.25) is 0 Å². The lowest BCUT2D eigenvalue weighted by molar-refractivity contribution is -0.385. The van der Waals surface area contributed by atoms with E-state index in [2.05, 4.69) is 42.0 Å². The van der Waals surface area contributed by atoms with Crippen molar-refractivity contribution >= 4 is 62.8 Å². The van der Waals surface area contributed by atoms with Crippen molar-refractivity contribution in [3.8, 4) is 0 Å². The van der Waals surface area contributed by atoms with Gasteiger partial charge in [-0.2, -0.15) is 0 Å². The van der Waals surface area contributed by atoms with Crippen LogP contribution in [-0.4, -0.2) is 88.2 Å². The first-order valence-corrected chi connectivity index (χ1v) is 25.2. The van der Waals surface area contributed by atoms with Gasteiger partial charge in [-0.1, -0.05) is 55.2 Å². The number of aliphatic carboxylic acids is 2. The molecule has 16 nitrogen and oxygen atoms in total. The highest BCUT2D eigenvalue weighted by molar-refractivity contribution is 8.76. The second kappa shape index (κ2) is 22.8. The van der Waals surface area contributed by atoms with E-state index in [9.17, 15) is 38.9 Å². The van der Waals surface area contributed by atoms with Gasteiger partial charge in [0.2, 0.25) is 17.7 Å². The zero-order valence-electron chi connectivity index (χ0n) is 37.0. The molecule has 10 atom stereocenters. The number of carboxylic acid groups (broad SMARTS) is 2. The van der Waals surface area contributed by atoms with Gasteiger partial charge in [0, 0.05) is 42.6 Å². The molecule has 4 fully saturated rings. The van der Waals surface area contributed by atoms with E-state index in [-0.39, 0.29) is 36.6 Å². The van der Waals surface area contributed by atoms with Crippen LogP contribution in [0.4, 0.5) is 5.69 Å². The molecule has 0 heterocycles. The second-order valence-electron chi connectivity index (χ2n) is 19.0. The largest absolute Gasteiger partial charge is 0.480 e. The minimum absolute atomic E-state index is 0.0377. The molecule has 8 N–H and O–H groups in total. The third-order valence-electron chi connectivity index (χ3n) is 15.2. The van der Waals surface area contributed by atoms with Crippen molar-refractivity contribution < 1.29 is 43.9 Å². The second-order valence-corrected chi connectivity index (χ2v) is 21.4. The predicted octanol–water partition coefficient (Wildman–Crippen LogP) is 6.30. The third kappa shape index (κ3) is 12.9. The van der Waals surface area contributed by atoms with E-state index in [0.29, 0.717) is 53.4 Å². The quantitative estimate of drug-likeness (QED) is 0.0275. The maximum atomic E-state index is 13.1. The number of nitro benzene ring substituents is 1. The molecule has 0 saturated heterocycles. The highest BCUT2D eigenvalue weighted by Gasteiger charge is 2.60. The fourth-order valence-corrected chi connectivity index (χ4v) is 14.1. The minimum Gasteiger partial charge on any atom is -0.480 e. The zero-order valence-corrected chi connectivity index (χ0v) is 38.6. The van der Waals surface area contributed by atoms with Gasteiger partial charge in [-0.3, -0.25) is 38.9 Å². The van der Waals surface area contributed by atoms with Gasteiger partial charge in [0.05, 0.1) is 4.92 Å². The van der Waals surface area contributed by atoms with E-state index in [1.807, 2.05) is 0 Å². The van der Waals surface area contributed by atoms with Gasteiger partial charge < -0.3 is 37.2 Å². The molecule has 0 spiro atoms. The first-order chi connectivity index (χ1) is 29.9. The number of hydrogen-bond acceptors (Lipinski definition) is 11. The minimum atomic E-state index is -1.30. The fraction of sp³-hybridized carbons (Fsp3) is 0.733. The number of nitrogens with one attached hydrogen (secondary N) is 4. The SMILES string of the molecule is C[C@H](CCC(=O)NCCCCNC(=O)c1cc(SSC[C@H](NC(=O)CC[C@H](N)C(=O)O)C(=O)NCC(=O)O)ccc1[N+](=O)[O-])[C@H]1CC[C@H]2[C@@H]3CC[C@H]4CCCC[C@]4(C)[C@H]3CC[C@]12C. The van der Waals surface area contributed by atoms with Crippen LogP contribution in [0.25, 0.3) is 0 Å². The molecule has 63 heavy (non-hydrogen) atoms. The molecule has 4 aliphatic carbocycles. The summed E-state index contributed by atoms with van der Waals surface area (Å²) < 4.78 is 0. The molecule has 4 saturated carbocycles.